The lowest BCUT2D eigenvalue weighted by Crippen LogP contribution is -2.40. The number of benzene rings is 2. The molecular weight excluding hydrogens is 398 g/mol. The van der Waals surface area contributed by atoms with E-state index in [4.69, 9.17) is 0 Å². The zero-order valence-electron chi connectivity index (χ0n) is 18.2. The number of hydrogen-bond acceptors (Lipinski definition) is 4. The predicted molar refractivity (Wildman–Crippen MR) is 127 cm³/mol. The van der Waals surface area contributed by atoms with Gasteiger partial charge in [0.1, 0.15) is 5.82 Å². The molecule has 0 unspecified atom stereocenters. The topological polar surface area (TPSA) is 73.9 Å². The molecule has 0 spiro atoms. The summed E-state index contributed by atoms with van der Waals surface area (Å²) in [7, 11) is 0. The summed E-state index contributed by atoms with van der Waals surface area (Å²) in [5.41, 5.74) is 5.86. The first-order valence-electron chi connectivity index (χ1n) is 11.1. The van der Waals surface area contributed by atoms with Crippen molar-refractivity contribution in [3.63, 3.8) is 0 Å². The number of piperidine rings is 1. The summed E-state index contributed by atoms with van der Waals surface area (Å²) in [5.74, 6) is 0.906. The van der Waals surface area contributed by atoms with Crippen molar-refractivity contribution in [1.82, 2.24) is 19.9 Å². The lowest BCUT2D eigenvalue weighted by Gasteiger charge is -2.31. The summed E-state index contributed by atoms with van der Waals surface area (Å²) in [6, 6.07) is 22.0. The lowest BCUT2D eigenvalue weighted by atomic mass is 9.96. The Hall–Kier alpha value is -3.51. The first-order chi connectivity index (χ1) is 15.6. The zero-order chi connectivity index (χ0) is 21.9. The summed E-state index contributed by atoms with van der Waals surface area (Å²) >= 11 is 0. The Bertz CT molecular complexity index is 1200. The number of H-pyrrole nitrogens is 1. The van der Waals surface area contributed by atoms with Gasteiger partial charge in [-0.2, -0.15) is 0 Å². The summed E-state index contributed by atoms with van der Waals surface area (Å²) < 4.78 is 0. The quantitative estimate of drug-likeness (QED) is 0.482. The fraction of sp³-hybridized carbons (Fsp3) is 0.269. The number of carbonyl (C=O) groups excluding carboxylic acids is 1. The SMILES string of the molecule is Cc1cccc(CN2CCC[C@H](C(=O)Nc3ccc(-c4nc5ccccc5[nH]4)cc3)C2)n1. The molecule has 1 aliphatic rings. The van der Waals surface area contributed by atoms with Crippen LogP contribution < -0.4 is 5.32 Å². The van der Waals surface area contributed by atoms with E-state index in [-0.39, 0.29) is 11.8 Å². The van der Waals surface area contributed by atoms with Gasteiger partial charge in [0, 0.05) is 30.0 Å². The number of carbonyl (C=O) groups is 1. The molecule has 1 fully saturated rings. The molecule has 0 bridgehead atoms. The number of amides is 1. The fourth-order valence-electron chi connectivity index (χ4n) is 4.38. The summed E-state index contributed by atoms with van der Waals surface area (Å²) in [4.78, 5) is 27.8. The van der Waals surface area contributed by atoms with Crippen molar-refractivity contribution in [2.45, 2.75) is 26.3 Å². The Labute approximate surface area is 187 Å². The van der Waals surface area contributed by atoms with Crippen molar-refractivity contribution in [2.75, 3.05) is 18.4 Å². The molecule has 6 heteroatoms. The van der Waals surface area contributed by atoms with Crippen LogP contribution in [0.3, 0.4) is 0 Å². The van der Waals surface area contributed by atoms with E-state index in [1.807, 2.05) is 67.6 Å². The highest BCUT2D eigenvalue weighted by Gasteiger charge is 2.26. The molecule has 0 saturated carbocycles. The highest BCUT2D eigenvalue weighted by atomic mass is 16.1. The summed E-state index contributed by atoms with van der Waals surface area (Å²) in [6.07, 6.45) is 1.94. The smallest absolute Gasteiger partial charge is 0.228 e. The van der Waals surface area contributed by atoms with Gasteiger partial charge in [0.2, 0.25) is 5.91 Å². The maximum Gasteiger partial charge on any atom is 0.228 e. The van der Waals surface area contributed by atoms with Crippen molar-refractivity contribution >= 4 is 22.6 Å². The van der Waals surface area contributed by atoms with Crippen LogP contribution in [0.2, 0.25) is 0 Å². The second kappa shape index (κ2) is 8.93. The number of pyridine rings is 1. The third kappa shape index (κ3) is 4.55. The normalized spacial score (nSPS) is 16.8. The molecule has 2 aromatic heterocycles. The molecule has 162 valence electrons. The molecular formula is C26H27N5O. The number of aryl methyl sites for hydroxylation is 1. The van der Waals surface area contributed by atoms with E-state index in [0.717, 1.165) is 72.0 Å². The summed E-state index contributed by atoms with van der Waals surface area (Å²) in [6.45, 7) is 4.57. The van der Waals surface area contributed by atoms with Crippen LogP contribution in [0.25, 0.3) is 22.4 Å². The monoisotopic (exact) mass is 425 g/mol. The Kier molecular flexibility index (Phi) is 5.69. The van der Waals surface area contributed by atoms with Crippen molar-refractivity contribution < 1.29 is 4.79 Å². The second-order valence-electron chi connectivity index (χ2n) is 8.51. The van der Waals surface area contributed by atoms with Crippen molar-refractivity contribution in [3.05, 3.63) is 78.1 Å². The molecule has 5 rings (SSSR count). The Balaban J connectivity index is 1.21. The van der Waals surface area contributed by atoms with Crippen molar-refractivity contribution in [3.8, 4) is 11.4 Å². The number of hydrogen-bond donors (Lipinski definition) is 2. The third-order valence-electron chi connectivity index (χ3n) is 6.02. The molecule has 2 N–H and O–H groups in total. The Morgan fingerprint density at radius 3 is 2.72 bits per heavy atom. The van der Waals surface area contributed by atoms with Crippen LogP contribution in [-0.4, -0.2) is 38.8 Å². The van der Waals surface area contributed by atoms with Crippen molar-refractivity contribution in [1.29, 1.82) is 0 Å². The van der Waals surface area contributed by atoms with Crippen LogP contribution in [0.4, 0.5) is 5.69 Å². The minimum Gasteiger partial charge on any atom is -0.338 e. The number of likely N-dealkylation sites (tertiary alicyclic amines) is 1. The van der Waals surface area contributed by atoms with E-state index >= 15 is 0 Å². The molecule has 1 saturated heterocycles. The molecule has 3 heterocycles. The van der Waals surface area contributed by atoms with Crippen LogP contribution in [-0.2, 0) is 11.3 Å². The van der Waals surface area contributed by atoms with Gasteiger partial charge >= 0.3 is 0 Å². The van der Waals surface area contributed by atoms with E-state index in [0.29, 0.717) is 0 Å². The van der Waals surface area contributed by atoms with Crippen LogP contribution in [0.15, 0.2) is 66.7 Å². The Morgan fingerprint density at radius 1 is 1.06 bits per heavy atom. The van der Waals surface area contributed by atoms with Crippen LogP contribution in [0.1, 0.15) is 24.2 Å². The molecule has 32 heavy (non-hydrogen) atoms. The van der Waals surface area contributed by atoms with E-state index in [2.05, 4.69) is 31.2 Å². The number of nitrogens with one attached hydrogen (secondary N) is 2. The van der Waals surface area contributed by atoms with Gasteiger partial charge in [-0.1, -0.05) is 18.2 Å². The van der Waals surface area contributed by atoms with Crippen molar-refractivity contribution in [2.24, 2.45) is 5.92 Å². The van der Waals surface area contributed by atoms with E-state index in [1.54, 1.807) is 0 Å². The van der Waals surface area contributed by atoms with Gasteiger partial charge in [0.15, 0.2) is 0 Å². The van der Waals surface area contributed by atoms with Gasteiger partial charge in [-0.05, 0) is 74.8 Å². The Morgan fingerprint density at radius 2 is 1.91 bits per heavy atom. The molecule has 1 aliphatic heterocycles. The lowest BCUT2D eigenvalue weighted by molar-refractivity contribution is -0.121. The molecule has 1 amide bonds. The maximum absolute atomic E-state index is 12.9. The predicted octanol–water partition coefficient (Wildman–Crippen LogP) is 4.78. The van der Waals surface area contributed by atoms with Gasteiger partial charge in [0.25, 0.3) is 0 Å². The first kappa shape index (κ1) is 20.4. The third-order valence-corrected chi connectivity index (χ3v) is 6.02. The molecule has 6 nitrogen and oxygen atoms in total. The van der Waals surface area contributed by atoms with Crippen LogP contribution in [0.5, 0.6) is 0 Å². The zero-order valence-corrected chi connectivity index (χ0v) is 18.2. The molecule has 1 atom stereocenters. The fourth-order valence-corrected chi connectivity index (χ4v) is 4.38. The maximum atomic E-state index is 12.9. The number of fused-ring (bicyclic) bond motifs is 1. The van der Waals surface area contributed by atoms with Gasteiger partial charge in [0.05, 0.1) is 22.6 Å². The standard InChI is InChI=1S/C26H27N5O/c1-18-6-4-8-22(27-18)17-31-15-5-7-20(16-31)26(32)28-21-13-11-19(12-14-21)25-29-23-9-2-3-10-24(23)30-25/h2-4,6,8-14,20H,5,7,15-17H2,1H3,(H,28,32)(H,29,30)/t20-/m0/s1. The van der Waals surface area contributed by atoms with Gasteiger partial charge in [-0.3, -0.25) is 14.7 Å². The number of nitrogens with zero attached hydrogens (tertiary/aromatic N) is 3. The number of imidazole rings is 1. The average Bonchev–Trinajstić information content (AvgIpc) is 3.24. The van der Waals surface area contributed by atoms with Gasteiger partial charge < -0.3 is 10.3 Å². The van der Waals surface area contributed by atoms with E-state index < -0.39 is 0 Å². The minimum absolute atomic E-state index is 0.0105. The first-order valence-corrected chi connectivity index (χ1v) is 11.1. The van der Waals surface area contributed by atoms with Crippen LogP contribution in [0, 0.1) is 12.8 Å². The van der Waals surface area contributed by atoms with Gasteiger partial charge in [-0.15, -0.1) is 0 Å². The second-order valence-corrected chi connectivity index (χ2v) is 8.51. The largest absolute Gasteiger partial charge is 0.338 e. The van der Waals surface area contributed by atoms with E-state index in [1.165, 1.54) is 0 Å². The number of para-hydroxylation sites is 2. The van der Waals surface area contributed by atoms with Gasteiger partial charge in [-0.25, -0.2) is 4.98 Å². The molecule has 0 aliphatic carbocycles. The molecule has 0 radical (unpaired) electrons. The van der Waals surface area contributed by atoms with E-state index in [9.17, 15) is 4.79 Å². The number of anilines is 1. The number of rotatable bonds is 5. The number of aromatic nitrogens is 3. The van der Waals surface area contributed by atoms with Crippen LogP contribution >= 0.6 is 0 Å². The highest BCUT2D eigenvalue weighted by Crippen LogP contribution is 2.24. The summed E-state index contributed by atoms with van der Waals surface area (Å²) in [5, 5.41) is 3.10. The average molecular weight is 426 g/mol. The molecule has 2 aromatic carbocycles. The number of aromatic amines is 1. The minimum atomic E-state index is -0.0105. The highest BCUT2D eigenvalue weighted by molar-refractivity contribution is 5.93. The molecule has 4 aromatic rings.